The Labute approximate surface area is 123 Å². The summed E-state index contributed by atoms with van der Waals surface area (Å²) in [6, 6.07) is 3.90. The van der Waals surface area contributed by atoms with E-state index in [1.54, 1.807) is 0 Å². The van der Waals surface area contributed by atoms with E-state index in [0.29, 0.717) is 0 Å². The predicted octanol–water partition coefficient (Wildman–Crippen LogP) is 1.54. The third-order valence-corrected chi connectivity index (χ3v) is 3.60. The number of carbonyl (C=O) groups excluding carboxylic acids is 2. The Morgan fingerprint density at radius 3 is 2.62 bits per heavy atom. The Hall–Kier alpha value is -2.11. The minimum atomic E-state index is -0.618. The number of hydrogen-bond acceptors (Lipinski definition) is 3. The molecule has 2 rings (SSSR count). The van der Waals surface area contributed by atoms with E-state index in [1.165, 1.54) is 18.6 Å². The molecule has 2 amide bonds. The van der Waals surface area contributed by atoms with Gasteiger partial charge in [0.2, 0.25) is 5.91 Å². The molecule has 0 spiro atoms. The summed E-state index contributed by atoms with van der Waals surface area (Å²) >= 11 is 0. The fourth-order valence-corrected chi connectivity index (χ4v) is 2.35. The molecule has 0 aliphatic carbocycles. The van der Waals surface area contributed by atoms with Crippen molar-refractivity contribution in [1.29, 1.82) is 0 Å². The molecule has 0 saturated carbocycles. The summed E-state index contributed by atoms with van der Waals surface area (Å²) in [5.74, 6) is -0.967. The quantitative estimate of drug-likeness (QED) is 0.827. The van der Waals surface area contributed by atoms with Gasteiger partial charge in [0.1, 0.15) is 5.82 Å². The third-order valence-electron chi connectivity index (χ3n) is 3.60. The third kappa shape index (κ3) is 4.18. The fourth-order valence-electron chi connectivity index (χ4n) is 2.35. The van der Waals surface area contributed by atoms with Crippen LogP contribution >= 0.6 is 0 Å². The van der Waals surface area contributed by atoms with Crippen LogP contribution in [-0.2, 0) is 4.79 Å². The van der Waals surface area contributed by atoms with Crippen molar-refractivity contribution < 1.29 is 14.0 Å². The molecule has 0 unspecified atom stereocenters. The number of hydrogen-bond donors (Lipinski definition) is 2. The van der Waals surface area contributed by atoms with Crippen LogP contribution in [-0.4, -0.2) is 36.3 Å². The van der Waals surface area contributed by atoms with Crippen LogP contribution in [0.2, 0.25) is 0 Å². The van der Waals surface area contributed by atoms with E-state index >= 15 is 0 Å². The van der Waals surface area contributed by atoms with Crippen molar-refractivity contribution in [2.45, 2.75) is 25.7 Å². The van der Waals surface area contributed by atoms with Gasteiger partial charge in [0.25, 0.3) is 5.91 Å². The van der Waals surface area contributed by atoms with Crippen molar-refractivity contribution >= 4 is 17.5 Å². The Morgan fingerprint density at radius 1 is 1.24 bits per heavy atom. The van der Waals surface area contributed by atoms with Crippen LogP contribution in [0.4, 0.5) is 10.1 Å². The number of nitrogens with zero attached hydrogens (tertiary/aromatic N) is 1. The van der Waals surface area contributed by atoms with E-state index in [-0.39, 0.29) is 30.1 Å². The van der Waals surface area contributed by atoms with Crippen molar-refractivity contribution in [3.8, 4) is 0 Å². The maximum atomic E-state index is 13.3. The average molecular weight is 293 g/mol. The van der Waals surface area contributed by atoms with Crippen LogP contribution in [0.25, 0.3) is 0 Å². The fraction of sp³-hybridized carbons (Fsp3) is 0.467. The number of carbonyl (C=O) groups is 2. The predicted molar refractivity (Wildman–Crippen MR) is 78.2 cm³/mol. The Balaban J connectivity index is 1.78. The zero-order valence-electron chi connectivity index (χ0n) is 11.9. The van der Waals surface area contributed by atoms with Gasteiger partial charge >= 0.3 is 0 Å². The summed E-state index contributed by atoms with van der Waals surface area (Å²) in [5, 5.41) is 2.62. The van der Waals surface area contributed by atoms with Gasteiger partial charge in [-0.05, 0) is 37.5 Å². The molecule has 1 aromatic carbocycles. The Bertz CT molecular complexity index is 528. The van der Waals surface area contributed by atoms with Gasteiger partial charge in [-0.1, -0.05) is 0 Å². The van der Waals surface area contributed by atoms with Crippen molar-refractivity contribution in [2.75, 3.05) is 25.4 Å². The van der Waals surface area contributed by atoms with Gasteiger partial charge in [-0.15, -0.1) is 0 Å². The lowest BCUT2D eigenvalue weighted by molar-refractivity contribution is -0.131. The van der Waals surface area contributed by atoms with Gasteiger partial charge in [-0.2, -0.15) is 0 Å². The number of halogens is 1. The van der Waals surface area contributed by atoms with E-state index in [0.717, 1.165) is 32.0 Å². The zero-order chi connectivity index (χ0) is 15.2. The second kappa shape index (κ2) is 7.06. The normalized spacial score (nSPS) is 14.8. The summed E-state index contributed by atoms with van der Waals surface area (Å²) in [6.45, 7) is 1.85. The summed E-state index contributed by atoms with van der Waals surface area (Å²) in [7, 11) is 0. The van der Waals surface area contributed by atoms with E-state index in [2.05, 4.69) is 5.32 Å². The number of nitrogens with two attached hydrogens (primary N) is 1. The summed E-state index contributed by atoms with van der Waals surface area (Å²) < 4.78 is 13.3. The second-order valence-electron chi connectivity index (χ2n) is 5.18. The molecular weight excluding hydrogens is 273 g/mol. The van der Waals surface area contributed by atoms with Crippen LogP contribution in [0.3, 0.4) is 0 Å². The van der Waals surface area contributed by atoms with Crippen molar-refractivity contribution in [3.63, 3.8) is 0 Å². The number of benzene rings is 1. The smallest absolute Gasteiger partial charge is 0.251 e. The zero-order valence-corrected chi connectivity index (χ0v) is 11.9. The first-order valence-corrected chi connectivity index (χ1v) is 7.19. The van der Waals surface area contributed by atoms with Crippen LogP contribution in [0, 0.1) is 5.82 Å². The van der Waals surface area contributed by atoms with Crippen LogP contribution in [0.5, 0.6) is 0 Å². The van der Waals surface area contributed by atoms with Gasteiger partial charge in [0.15, 0.2) is 0 Å². The van der Waals surface area contributed by atoms with Crippen molar-refractivity contribution in [3.05, 3.63) is 29.6 Å². The molecule has 1 saturated heterocycles. The van der Waals surface area contributed by atoms with Crippen LogP contribution in [0.1, 0.15) is 36.0 Å². The molecule has 0 aromatic heterocycles. The molecule has 0 bridgehead atoms. The molecule has 21 heavy (non-hydrogen) atoms. The van der Waals surface area contributed by atoms with Gasteiger partial charge in [0.05, 0.1) is 5.69 Å². The van der Waals surface area contributed by atoms with Crippen molar-refractivity contribution in [2.24, 2.45) is 0 Å². The van der Waals surface area contributed by atoms with Gasteiger partial charge < -0.3 is 16.0 Å². The number of amides is 2. The van der Waals surface area contributed by atoms with Gasteiger partial charge in [-0.25, -0.2) is 4.39 Å². The Kier molecular flexibility index (Phi) is 5.14. The molecule has 1 heterocycles. The lowest BCUT2D eigenvalue weighted by Crippen LogP contribution is -2.37. The standard InChI is InChI=1S/C15H20FN3O2/c16-12-10-11(4-5-13(12)17)15(21)18-7-6-14(20)19-8-2-1-3-9-19/h4-5,10H,1-3,6-9,17H2,(H,18,21). The first-order chi connectivity index (χ1) is 10.1. The monoisotopic (exact) mass is 293 g/mol. The molecule has 1 aliphatic heterocycles. The number of anilines is 1. The average Bonchev–Trinajstić information content (AvgIpc) is 2.50. The SMILES string of the molecule is Nc1ccc(C(=O)NCCC(=O)N2CCCCC2)cc1F. The second-order valence-corrected chi connectivity index (χ2v) is 5.18. The maximum Gasteiger partial charge on any atom is 0.251 e. The number of rotatable bonds is 4. The van der Waals surface area contributed by atoms with Gasteiger partial charge in [-0.3, -0.25) is 9.59 Å². The molecular formula is C15H20FN3O2. The highest BCUT2D eigenvalue weighted by atomic mass is 19.1. The largest absolute Gasteiger partial charge is 0.396 e. The molecule has 114 valence electrons. The molecule has 1 fully saturated rings. The number of piperidine rings is 1. The van der Waals surface area contributed by atoms with E-state index in [4.69, 9.17) is 5.73 Å². The lowest BCUT2D eigenvalue weighted by Gasteiger charge is -2.26. The maximum absolute atomic E-state index is 13.3. The molecule has 0 atom stereocenters. The Morgan fingerprint density at radius 2 is 1.95 bits per heavy atom. The summed E-state index contributed by atoms with van der Waals surface area (Å²) in [4.78, 5) is 25.6. The molecule has 3 N–H and O–H groups in total. The highest BCUT2D eigenvalue weighted by Gasteiger charge is 2.16. The highest BCUT2D eigenvalue weighted by molar-refractivity contribution is 5.94. The first kappa shape index (κ1) is 15.3. The number of nitrogen functional groups attached to an aromatic ring is 1. The first-order valence-electron chi connectivity index (χ1n) is 7.19. The molecule has 6 heteroatoms. The lowest BCUT2D eigenvalue weighted by atomic mass is 10.1. The molecule has 1 aliphatic rings. The van der Waals surface area contributed by atoms with E-state index < -0.39 is 11.7 Å². The van der Waals surface area contributed by atoms with Crippen LogP contribution in [0.15, 0.2) is 18.2 Å². The summed E-state index contributed by atoms with van der Waals surface area (Å²) in [5.41, 5.74) is 5.56. The van der Waals surface area contributed by atoms with E-state index in [1.807, 2.05) is 4.90 Å². The van der Waals surface area contributed by atoms with E-state index in [9.17, 15) is 14.0 Å². The van der Waals surface area contributed by atoms with Crippen LogP contribution < -0.4 is 11.1 Å². The van der Waals surface area contributed by atoms with Crippen molar-refractivity contribution in [1.82, 2.24) is 10.2 Å². The number of likely N-dealkylation sites (tertiary alicyclic amines) is 1. The highest BCUT2D eigenvalue weighted by Crippen LogP contribution is 2.12. The minimum absolute atomic E-state index is 0.00632. The number of nitrogens with one attached hydrogen (secondary N) is 1. The minimum Gasteiger partial charge on any atom is -0.396 e. The topological polar surface area (TPSA) is 75.4 Å². The molecule has 5 nitrogen and oxygen atoms in total. The van der Waals surface area contributed by atoms with Gasteiger partial charge in [0, 0.05) is 31.6 Å². The molecule has 0 radical (unpaired) electrons. The molecule has 1 aromatic rings. The summed E-state index contributed by atoms with van der Waals surface area (Å²) in [6.07, 6.45) is 3.53.